The molecule has 6 N–H and O–H groups in total. The predicted molar refractivity (Wildman–Crippen MR) is 134 cm³/mol. The Morgan fingerprint density at radius 1 is 1.22 bits per heavy atom. The lowest BCUT2D eigenvalue weighted by molar-refractivity contribution is -0.140. The zero-order valence-corrected chi connectivity index (χ0v) is 19.6. The van der Waals surface area contributed by atoms with Gasteiger partial charge in [0.25, 0.3) is 11.5 Å². The number of amides is 1. The number of terminal acetylenes is 1. The highest BCUT2D eigenvalue weighted by Gasteiger charge is 2.23. The van der Waals surface area contributed by atoms with E-state index >= 15 is 0 Å². The van der Waals surface area contributed by atoms with Crippen molar-refractivity contribution >= 4 is 52.0 Å². The van der Waals surface area contributed by atoms with Gasteiger partial charge in [0.1, 0.15) is 6.04 Å². The van der Waals surface area contributed by atoms with Crippen LogP contribution in [0, 0.1) is 12.3 Å². The molecule has 1 atom stereocenters. The molecule has 11 nitrogen and oxygen atoms in total. The van der Waals surface area contributed by atoms with Gasteiger partial charge < -0.3 is 26.2 Å². The third-order valence-corrected chi connectivity index (χ3v) is 5.57. The Kier molecular flexibility index (Phi) is 8.14. The monoisotopic (exact) mass is 511 g/mol. The Balaban J connectivity index is 1.82. The molecule has 0 bridgehead atoms. The molecule has 0 radical (unpaired) electrons. The summed E-state index contributed by atoms with van der Waals surface area (Å²) in [6, 6.07) is 8.28. The Labute approximate surface area is 209 Å². The summed E-state index contributed by atoms with van der Waals surface area (Å²) in [5.74, 6) is -0.718. The summed E-state index contributed by atoms with van der Waals surface area (Å²) in [7, 11) is 0. The van der Waals surface area contributed by atoms with Crippen LogP contribution in [-0.4, -0.2) is 50.6 Å². The van der Waals surface area contributed by atoms with Crippen LogP contribution in [0.2, 0.25) is 5.02 Å². The minimum Gasteiger partial charge on any atom is -0.481 e. The molecule has 3 aromatic rings. The van der Waals surface area contributed by atoms with E-state index in [9.17, 15) is 24.3 Å². The Bertz CT molecular complexity index is 1430. The molecule has 0 aliphatic rings. The van der Waals surface area contributed by atoms with E-state index in [1.165, 1.54) is 12.1 Å². The first-order valence-corrected chi connectivity index (χ1v) is 11.0. The summed E-state index contributed by atoms with van der Waals surface area (Å²) in [4.78, 5) is 55.3. The third kappa shape index (κ3) is 6.31. The van der Waals surface area contributed by atoms with Gasteiger partial charge in [-0.15, -0.1) is 6.42 Å². The molecule has 0 aliphatic carbocycles. The molecule has 186 valence electrons. The van der Waals surface area contributed by atoms with Gasteiger partial charge in [0, 0.05) is 18.7 Å². The number of nitrogens with two attached hydrogens (primary N) is 1. The first-order chi connectivity index (χ1) is 17.1. The maximum absolute atomic E-state index is 12.6. The van der Waals surface area contributed by atoms with E-state index in [2.05, 4.69) is 21.2 Å². The molecule has 0 aliphatic heterocycles. The van der Waals surface area contributed by atoms with Gasteiger partial charge in [-0.3, -0.25) is 19.4 Å². The molecule has 3 rings (SSSR count). The fourth-order valence-electron chi connectivity index (χ4n) is 3.52. The number of aromatic nitrogens is 2. The fraction of sp³-hybridized carbons (Fsp3) is 0.208. The van der Waals surface area contributed by atoms with Crippen molar-refractivity contribution in [2.24, 2.45) is 0 Å². The largest absolute Gasteiger partial charge is 0.481 e. The summed E-state index contributed by atoms with van der Waals surface area (Å²) in [6.45, 7) is 0.495. The average Bonchev–Trinajstić information content (AvgIpc) is 2.81. The number of carbonyl (C=O) groups excluding carboxylic acids is 1. The maximum Gasteiger partial charge on any atom is 0.326 e. The van der Waals surface area contributed by atoms with Crippen molar-refractivity contribution in [3.63, 3.8) is 0 Å². The van der Waals surface area contributed by atoms with Crippen LogP contribution in [0.15, 0.2) is 41.2 Å². The van der Waals surface area contributed by atoms with Crippen molar-refractivity contribution in [2.45, 2.75) is 25.4 Å². The number of aliphatic carboxylic acids is 2. The zero-order chi connectivity index (χ0) is 26.4. The minimum absolute atomic E-state index is 0.0172. The van der Waals surface area contributed by atoms with Gasteiger partial charge in [-0.05, 0) is 42.3 Å². The SMILES string of the molecule is C#CCN(Cc1ccc2nc(N)[nH]c(=O)c2c1)c1ccc(C(=O)N[C@@H](CCC(=O)O)C(=O)O)c(Cl)c1. The quantitative estimate of drug-likeness (QED) is 0.254. The molecule has 0 unspecified atom stereocenters. The molecular formula is C24H22ClN5O6. The van der Waals surface area contributed by atoms with Crippen LogP contribution >= 0.6 is 11.6 Å². The summed E-state index contributed by atoms with van der Waals surface area (Å²) in [5, 5.41) is 20.7. The van der Waals surface area contributed by atoms with Gasteiger partial charge in [0.15, 0.2) is 0 Å². The molecule has 0 saturated carbocycles. The summed E-state index contributed by atoms with van der Waals surface area (Å²) >= 11 is 6.33. The van der Waals surface area contributed by atoms with Crippen LogP contribution in [0.5, 0.6) is 0 Å². The highest BCUT2D eigenvalue weighted by atomic mass is 35.5. The number of nitrogens with one attached hydrogen (secondary N) is 2. The van der Waals surface area contributed by atoms with Gasteiger partial charge in [0.2, 0.25) is 5.95 Å². The second kappa shape index (κ2) is 11.2. The van der Waals surface area contributed by atoms with Crippen LogP contribution in [0.25, 0.3) is 10.9 Å². The number of benzene rings is 2. The number of carboxylic acids is 2. The van der Waals surface area contributed by atoms with Gasteiger partial charge in [-0.1, -0.05) is 23.6 Å². The molecule has 0 saturated heterocycles. The Hall–Kier alpha value is -4.56. The highest BCUT2D eigenvalue weighted by Crippen LogP contribution is 2.26. The van der Waals surface area contributed by atoms with Gasteiger partial charge in [0.05, 0.1) is 28.0 Å². The van der Waals surface area contributed by atoms with Crippen molar-refractivity contribution < 1.29 is 24.6 Å². The lowest BCUT2D eigenvalue weighted by Gasteiger charge is -2.23. The smallest absolute Gasteiger partial charge is 0.326 e. The first-order valence-electron chi connectivity index (χ1n) is 10.6. The number of anilines is 2. The van der Waals surface area contributed by atoms with Crippen molar-refractivity contribution in [1.82, 2.24) is 15.3 Å². The van der Waals surface area contributed by atoms with E-state index in [1.54, 1.807) is 29.2 Å². The summed E-state index contributed by atoms with van der Waals surface area (Å²) < 4.78 is 0. The predicted octanol–water partition coefficient (Wildman–Crippen LogP) is 1.85. The van der Waals surface area contributed by atoms with Crippen molar-refractivity contribution in [3.8, 4) is 12.3 Å². The molecule has 0 spiro atoms. The number of hydrogen-bond donors (Lipinski definition) is 5. The van der Waals surface area contributed by atoms with Crippen molar-refractivity contribution in [1.29, 1.82) is 0 Å². The number of carboxylic acid groups (broad SMARTS) is 2. The van der Waals surface area contributed by atoms with E-state index in [0.717, 1.165) is 5.56 Å². The second-order valence-corrected chi connectivity index (χ2v) is 8.23. The Morgan fingerprint density at radius 2 is 1.97 bits per heavy atom. The van der Waals surface area contributed by atoms with E-state index in [1.807, 2.05) is 0 Å². The lowest BCUT2D eigenvalue weighted by Crippen LogP contribution is -2.41. The van der Waals surface area contributed by atoms with E-state index in [4.69, 9.17) is 28.9 Å². The first kappa shape index (κ1) is 26.1. The molecular weight excluding hydrogens is 490 g/mol. The van der Waals surface area contributed by atoms with Crippen molar-refractivity contribution in [3.05, 3.63) is 62.9 Å². The molecule has 12 heteroatoms. The van der Waals surface area contributed by atoms with E-state index < -0.39 is 30.3 Å². The van der Waals surface area contributed by atoms with Gasteiger partial charge in [-0.25, -0.2) is 9.78 Å². The number of aromatic amines is 1. The van der Waals surface area contributed by atoms with Crippen molar-refractivity contribution in [2.75, 3.05) is 17.2 Å². The second-order valence-electron chi connectivity index (χ2n) is 7.82. The van der Waals surface area contributed by atoms with Crippen LogP contribution in [0.3, 0.4) is 0 Å². The highest BCUT2D eigenvalue weighted by molar-refractivity contribution is 6.34. The molecule has 1 heterocycles. The normalized spacial score (nSPS) is 11.4. The molecule has 1 amide bonds. The fourth-order valence-corrected chi connectivity index (χ4v) is 3.78. The summed E-state index contributed by atoms with van der Waals surface area (Å²) in [6.07, 6.45) is 4.84. The minimum atomic E-state index is -1.39. The van der Waals surface area contributed by atoms with Gasteiger partial charge in [-0.2, -0.15) is 0 Å². The van der Waals surface area contributed by atoms with E-state index in [0.29, 0.717) is 23.1 Å². The number of rotatable bonds is 10. The molecule has 36 heavy (non-hydrogen) atoms. The van der Waals surface area contributed by atoms with Crippen LogP contribution in [-0.2, 0) is 16.1 Å². The topological polar surface area (TPSA) is 179 Å². The number of nitrogens with zero attached hydrogens (tertiary/aromatic N) is 2. The van der Waals surface area contributed by atoms with Crippen LogP contribution in [0.4, 0.5) is 11.6 Å². The third-order valence-electron chi connectivity index (χ3n) is 5.26. The number of carbonyl (C=O) groups is 3. The number of H-pyrrole nitrogens is 1. The molecule has 1 aromatic heterocycles. The van der Waals surface area contributed by atoms with E-state index in [-0.39, 0.29) is 35.1 Å². The zero-order valence-electron chi connectivity index (χ0n) is 18.8. The Morgan fingerprint density at radius 3 is 2.61 bits per heavy atom. The van der Waals surface area contributed by atoms with Crippen LogP contribution in [0.1, 0.15) is 28.8 Å². The summed E-state index contributed by atoms with van der Waals surface area (Å²) in [5.41, 5.74) is 7.02. The number of halogens is 1. The number of nitrogen functional groups attached to an aromatic ring is 1. The molecule has 0 fully saturated rings. The lowest BCUT2D eigenvalue weighted by atomic mass is 10.1. The number of fused-ring (bicyclic) bond motifs is 1. The molecule has 2 aromatic carbocycles. The van der Waals surface area contributed by atoms with Gasteiger partial charge >= 0.3 is 11.9 Å². The average molecular weight is 512 g/mol. The maximum atomic E-state index is 12.6. The standard InChI is InChI=1S/C24H22ClN5O6/c1-2-9-30(12-13-3-6-18-16(10-13)22(34)29-24(26)28-18)14-4-5-15(17(25)11-14)21(33)27-19(23(35)36)7-8-20(31)32/h1,3-6,10-11,19H,7-9,12H2,(H,27,33)(H,31,32)(H,35,36)(H3,26,28,29,34)/t19-/m0/s1. The van der Waals surface area contributed by atoms with Crippen LogP contribution < -0.4 is 21.5 Å². The number of hydrogen-bond acceptors (Lipinski definition) is 7.